The van der Waals surface area contributed by atoms with Crippen molar-refractivity contribution < 1.29 is 10.0 Å². The van der Waals surface area contributed by atoms with Crippen LogP contribution >= 0.6 is 0 Å². The third-order valence-electron chi connectivity index (χ3n) is 3.00. The smallest absolute Gasteiger partial charge is 0.294 e. The van der Waals surface area contributed by atoms with Crippen molar-refractivity contribution >= 4 is 11.3 Å². The van der Waals surface area contributed by atoms with Crippen LogP contribution in [-0.2, 0) is 0 Å². The Labute approximate surface area is 108 Å². The van der Waals surface area contributed by atoms with Crippen molar-refractivity contribution in [2.75, 3.05) is 0 Å². The van der Waals surface area contributed by atoms with Crippen molar-refractivity contribution in [1.29, 1.82) is 0 Å². The van der Waals surface area contributed by atoms with Crippen LogP contribution in [0.5, 0.6) is 0 Å². The highest BCUT2D eigenvalue weighted by Gasteiger charge is 2.25. The fourth-order valence-corrected chi connectivity index (χ4v) is 2.07. The Bertz CT molecular complexity index is 579. The maximum absolute atomic E-state index is 10.9. The molecule has 0 spiro atoms. The number of allylic oxidation sites excluding steroid dienone is 1. The van der Waals surface area contributed by atoms with Gasteiger partial charge in [0.2, 0.25) is 0 Å². The first kappa shape index (κ1) is 13.0. The fourth-order valence-electron chi connectivity index (χ4n) is 2.07. The monoisotopic (exact) mass is 261 g/mol. The second-order valence-electron chi connectivity index (χ2n) is 4.14. The van der Waals surface area contributed by atoms with Crippen LogP contribution in [0.25, 0.3) is 16.0 Å². The zero-order valence-electron chi connectivity index (χ0n) is 9.88. The average Bonchev–Trinajstić information content (AvgIpc) is 2.41. The summed E-state index contributed by atoms with van der Waals surface area (Å²) in [6.07, 6.45) is 4.37. The summed E-state index contributed by atoms with van der Waals surface area (Å²) >= 11 is 0. The summed E-state index contributed by atoms with van der Waals surface area (Å²) < 4.78 is 0. The van der Waals surface area contributed by atoms with E-state index in [0.29, 0.717) is 24.0 Å². The Balaban J connectivity index is 2.44. The summed E-state index contributed by atoms with van der Waals surface area (Å²) in [6.45, 7) is 0. The summed E-state index contributed by atoms with van der Waals surface area (Å²) in [5.74, 6) is 0. The molecule has 2 rings (SSSR count). The molecule has 0 saturated carbocycles. The van der Waals surface area contributed by atoms with Crippen LogP contribution < -0.4 is 0 Å². The largest absolute Gasteiger partial charge is 0.392 e. The summed E-state index contributed by atoms with van der Waals surface area (Å²) in [5, 5.41) is 24.1. The minimum Gasteiger partial charge on any atom is -0.392 e. The van der Waals surface area contributed by atoms with Crippen molar-refractivity contribution in [1.82, 2.24) is 4.98 Å². The van der Waals surface area contributed by atoms with Gasteiger partial charge >= 0.3 is 0 Å². The third kappa shape index (κ3) is 2.70. The minimum absolute atomic E-state index is 0.0928. The molecule has 1 aliphatic rings. The molecule has 0 fully saturated rings. The van der Waals surface area contributed by atoms with Gasteiger partial charge in [0, 0.05) is 11.1 Å². The lowest BCUT2D eigenvalue weighted by Gasteiger charge is -2.23. The molecule has 0 aliphatic heterocycles. The topological polar surface area (TPSA) is 125 Å². The maximum atomic E-state index is 10.9. The molecule has 0 bridgehead atoms. The number of hydrogen-bond acceptors (Lipinski definition) is 5. The number of aromatic nitrogens is 1. The van der Waals surface area contributed by atoms with Gasteiger partial charge in [-0.25, -0.2) is 0 Å². The molecular weight excluding hydrogens is 250 g/mol. The van der Waals surface area contributed by atoms with E-state index in [9.17, 15) is 15.2 Å². The van der Waals surface area contributed by atoms with E-state index >= 15 is 0 Å². The molecule has 2 unspecified atom stereocenters. The van der Waals surface area contributed by atoms with Crippen LogP contribution in [0.2, 0.25) is 0 Å². The van der Waals surface area contributed by atoms with Gasteiger partial charge in [-0.05, 0) is 30.0 Å². The molecule has 2 atom stereocenters. The normalized spacial score (nSPS) is 22.3. The van der Waals surface area contributed by atoms with Gasteiger partial charge in [-0.3, -0.25) is 15.1 Å². The van der Waals surface area contributed by atoms with Crippen molar-refractivity contribution in [3.63, 3.8) is 0 Å². The molecule has 1 N–H and O–H groups in total. The van der Waals surface area contributed by atoms with Gasteiger partial charge in [0.05, 0.1) is 22.6 Å². The lowest BCUT2D eigenvalue weighted by Crippen LogP contribution is -2.25. The summed E-state index contributed by atoms with van der Waals surface area (Å²) in [7, 11) is 0. The highest BCUT2D eigenvalue weighted by molar-refractivity contribution is 5.73. The van der Waals surface area contributed by atoms with Gasteiger partial charge in [0.1, 0.15) is 6.20 Å². The molecule has 0 saturated heterocycles. The van der Waals surface area contributed by atoms with Crippen molar-refractivity contribution in [2.24, 2.45) is 5.11 Å². The molecular formula is C11H11N5O3. The first-order valence-corrected chi connectivity index (χ1v) is 5.65. The van der Waals surface area contributed by atoms with Crippen LogP contribution in [0.3, 0.4) is 0 Å². The number of aliphatic hydroxyl groups excluding tert-OH is 1. The summed E-state index contributed by atoms with van der Waals surface area (Å²) in [6, 6.07) is 0.857. The Kier molecular flexibility index (Phi) is 3.74. The zero-order chi connectivity index (χ0) is 13.8. The number of nitro groups is 1. The Morgan fingerprint density at radius 2 is 2.42 bits per heavy atom. The predicted octanol–water partition coefficient (Wildman–Crippen LogP) is 2.21. The highest BCUT2D eigenvalue weighted by atomic mass is 16.6. The van der Waals surface area contributed by atoms with E-state index in [-0.39, 0.29) is 5.69 Å². The third-order valence-corrected chi connectivity index (χ3v) is 3.00. The number of aliphatic hydroxyl groups is 1. The SMILES string of the molecule is [N-]=[N+]=NC1C=C(c2ccncc2[N+](=O)[O-])CCC1O. The lowest BCUT2D eigenvalue weighted by molar-refractivity contribution is -0.385. The van der Waals surface area contributed by atoms with Gasteiger partial charge in [0.25, 0.3) is 5.69 Å². The van der Waals surface area contributed by atoms with Crippen LogP contribution in [0, 0.1) is 10.1 Å². The second-order valence-corrected chi connectivity index (χ2v) is 4.14. The lowest BCUT2D eigenvalue weighted by atomic mass is 9.89. The number of azide groups is 1. The molecule has 0 amide bonds. The molecule has 0 radical (unpaired) electrons. The van der Waals surface area contributed by atoms with Gasteiger partial charge in [0.15, 0.2) is 0 Å². The Hall–Kier alpha value is -2.44. The van der Waals surface area contributed by atoms with Crippen molar-refractivity contribution in [3.05, 3.63) is 50.7 Å². The Morgan fingerprint density at radius 3 is 3.11 bits per heavy atom. The van der Waals surface area contributed by atoms with Crippen LogP contribution in [0.15, 0.2) is 29.7 Å². The fraction of sp³-hybridized carbons (Fsp3) is 0.364. The van der Waals surface area contributed by atoms with Crippen LogP contribution in [0.4, 0.5) is 5.69 Å². The van der Waals surface area contributed by atoms with Crippen molar-refractivity contribution in [3.8, 4) is 0 Å². The van der Waals surface area contributed by atoms with Gasteiger partial charge in [-0.15, -0.1) is 0 Å². The molecule has 1 aromatic heterocycles. The van der Waals surface area contributed by atoms with E-state index in [1.54, 1.807) is 12.1 Å². The van der Waals surface area contributed by atoms with Gasteiger partial charge < -0.3 is 5.11 Å². The van der Waals surface area contributed by atoms with E-state index in [1.165, 1.54) is 12.4 Å². The average molecular weight is 261 g/mol. The van der Waals surface area contributed by atoms with Crippen LogP contribution in [-0.4, -0.2) is 27.2 Å². The quantitative estimate of drug-likeness (QED) is 0.294. The standard InChI is InChI=1S/C11H11N5O3/c12-15-14-9-5-7(1-2-11(9)17)8-3-4-13-6-10(8)16(18)19/h3-6,9,11,17H,1-2H2. The second kappa shape index (κ2) is 5.47. The first-order chi connectivity index (χ1) is 9.13. The molecule has 0 aromatic carbocycles. The van der Waals surface area contributed by atoms with E-state index in [2.05, 4.69) is 15.0 Å². The number of pyridine rings is 1. The number of rotatable bonds is 3. The molecule has 1 aliphatic carbocycles. The summed E-state index contributed by atoms with van der Waals surface area (Å²) in [4.78, 5) is 16.8. The minimum atomic E-state index is -0.749. The maximum Gasteiger partial charge on any atom is 0.294 e. The Morgan fingerprint density at radius 1 is 1.63 bits per heavy atom. The van der Waals surface area contributed by atoms with E-state index in [1.807, 2.05) is 0 Å². The molecule has 8 nitrogen and oxygen atoms in total. The highest BCUT2D eigenvalue weighted by Crippen LogP contribution is 2.33. The van der Waals surface area contributed by atoms with Gasteiger partial charge in [-0.2, -0.15) is 0 Å². The van der Waals surface area contributed by atoms with E-state index < -0.39 is 17.1 Å². The first-order valence-electron chi connectivity index (χ1n) is 5.65. The zero-order valence-corrected chi connectivity index (χ0v) is 9.88. The molecule has 8 heteroatoms. The van der Waals surface area contributed by atoms with Crippen LogP contribution in [0.1, 0.15) is 18.4 Å². The molecule has 19 heavy (non-hydrogen) atoms. The summed E-state index contributed by atoms with van der Waals surface area (Å²) in [5.41, 5.74) is 9.48. The molecule has 1 aromatic rings. The predicted molar refractivity (Wildman–Crippen MR) is 67.0 cm³/mol. The molecule has 98 valence electrons. The van der Waals surface area contributed by atoms with E-state index in [0.717, 1.165) is 0 Å². The van der Waals surface area contributed by atoms with Gasteiger partial charge in [-0.1, -0.05) is 11.2 Å². The number of hydrogen-bond donors (Lipinski definition) is 1. The number of nitrogens with zero attached hydrogens (tertiary/aromatic N) is 5. The van der Waals surface area contributed by atoms with E-state index in [4.69, 9.17) is 5.53 Å². The molecule has 1 heterocycles. The van der Waals surface area contributed by atoms with Crippen molar-refractivity contribution in [2.45, 2.75) is 25.0 Å².